The van der Waals surface area contributed by atoms with E-state index < -0.39 is 0 Å². The van der Waals surface area contributed by atoms with Crippen LogP contribution >= 0.6 is 27.5 Å². The molecule has 0 aliphatic heterocycles. The predicted molar refractivity (Wildman–Crippen MR) is 99.4 cm³/mol. The lowest BCUT2D eigenvalue weighted by Crippen LogP contribution is -2.28. The first-order chi connectivity index (χ1) is 12.1. The summed E-state index contributed by atoms with van der Waals surface area (Å²) in [5.74, 6) is 0.646. The molecule has 0 saturated heterocycles. The van der Waals surface area contributed by atoms with Gasteiger partial charge in [0.15, 0.2) is 5.82 Å². The van der Waals surface area contributed by atoms with E-state index in [-0.39, 0.29) is 11.9 Å². The van der Waals surface area contributed by atoms with Crippen LogP contribution in [0.3, 0.4) is 0 Å². The minimum absolute atomic E-state index is 0.211. The normalized spacial score (nSPS) is 12.0. The molecule has 2 aromatic carbocycles. The number of benzene rings is 2. The zero-order valence-electron chi connectivity index (χ0n) is 13.4. The monoisotopic (exact) mass is 419 g/mol. The maximum atomic E-state index is 12.4. The molecule has 1 heterocycles. The molecule has 1 N–H and O–H groups in total. The Morgan fingerprint density at radius 1 is 1.28 bits per heavy atom. The number of nitrogens with one attached hydrogen (secondary N) is 1. The molecule has 0 aliphatic carbocycles. The molecule has 0 bridgehead atoms. The number of hydrogen-bond donors (Lipinski definition) is 1. The summed E-state index contributed by atoms with van der Waals surface area (Å²) in [5, 5.41) is 7.52. The van der Waals surface area contributed by atoms with E-state index in [0.29, 0.717) is 28.7 Å². The Morgan fingerprint density at radius 2 is 2.04 bits per heavy atom. The quantitative estimate of drug-likeness (QED) is 0.628. The van der Waals surface area contributed by atoms with Gasteiger partial charge in [0.25, 0.3) is 11.8 Å². The Balaban J connectivity index is 1.77. The average Bonchev–Trinajstić information content (AvgIpc) is 3.10. The Bertz CT molecular complexity index is 880. The third kappa shape index (κ3) is 4.27. The number of rotatable bonds is 5. The second kappa shape index (κ2) is 7.80. The van der Waals surface area contributed by atoms with Gasteiger partial charge in [-0.3, -0.25) is 4.79 Å². The van der Waals surface area contributed by atoms with Gasteiger partial charge in [0.1, 0.15) is 0 Å². The number of amides is 1. The van der Waals surface area contributed by atoms with Crippen molar-refractivity contribution in [2.75, 3.05) is 0 Å². The maximum absolute atomic E-state index is 12.4. The van der Waals surface area contributed by atoms with E-state index in [1.165, 1.54) is 0 Å². The van der Waals surface area contributed by atoms with E-state index in [1.807, 2.05) is 31.2 Å². The minimum Gasteiger partial charge on any atom is -0.342 e. The Hall–Kier alpha value is -2.18. The molecule has 3 rings (SSSR count). The average molecular weight is 421 g/mol. The molecule has 0 spiro atoms. The second-order valence-corrected chi connectivity index (χ2v) is 6.76. The fourth-order valence-electron chi connectivity index (χ4n) is 2.31. The number of hydrogen-bond acceptors (Lipinski definition) is 4. The van der Waals surface area contributed by atoms with Gasteiger partial charge in [0.05, 0.1) is 6.04 Å². The van der Waals surface area contributed by atoms with Crippen molar-refractivity contribution < 1.29 is 9.32 Å². The van der Waals surface area contributed by atoms with E-state index in [4.69, 9.17) is 16.1 Å². The highest BCUT2D eigenvalue weighted by Gasteiger charge is 2.20. The molecular formula is C18H15BrClN3O2. The number of aromatic nitrogens is 2. The van der Waals surface area contributed by atoms with Crippen LogP contribution in [-0.4, -0.2) is 16.0 Å². The van der Waals surface area contributed by atoms with Gasteiger partial charge in [-0.25, -0.2) is 0 Å². The summed E-state index contributed by atoms with van der Waals surface area (Å²) >= 11 is 9.27. The molecule has 128 valence electrons. The Labute approximate surface area is 158 Å². The first kappa shape index (κ1) is 17.6. The van der Waals surface area contributed by atoms with Gasteiger partial charge in [0, 0.05) is 20.6 Å². The summed E-state index contributed by atoms with van der Waals surface area (Å²) in [5.41, 5.74) is 1.34. The van der Waals surface area contributed by atoms with Crippen LogP contribution in [0, 0.1) is 0 Å². The lowest BCUT2D eigenvalue weighted by atomic mass is 10.1. The third-order valence-electron chi connectivity index (χ3n) is 3.64. The zero-order valence-corrected chi connectivity index (χ0v) is 15.7. The van der Waals surface area contributed by atoms with E-state index in [1.54, 1.807) is 24.3 Å². The molecule has 1 aromatic heterocycles. The number of halogens is 2. The summed E-state index contributed by atoms with van der Waals surface area (Å²) in [7, 11) is 0. The van der Waals surface area contributed by atoms with Gasteiger partial charge < -0.3 is 9.84 Å². The molecule has 0 radical (unpaired) electrons. The van der Waals surface area contributed by atoms with Crippen molar-refractivity contribution >= 4 is 33.4 Å². The lowest BCUT2D eigenvalue weighted by molar-refractivity contribution is 0.0933. The summed E-state index contributed by atoms with van der Waals surface area (Å²) in [6, 6.07) is 14.0. The van der Waals surface area contributed by atoms with Gasteiger partial charge in [-0.15, -0.1) is 0 Å². The van der Waals surface area contributed by atoms with Crippen molar-refractivity contribution in [3.63, 3.8) is 0 Å². The van der Waals surface area contributed by atoms with Gasteiger partial charge in [0.2, 0.25) is 0 Å². The van der Waals surface area contributed by atoms with Crippen LogP contribution in [0.25, 0.3) is 11.5 Å². The molecule has 0 unspecified atom stereocenters. The minimum atomic E-state index is -0.340. The molecule has 0 aliphatic rings. The summed E-state index contributed by atoms with van der Waals surface area (Å²) < 4.78 is 6.26. The molecular weight excluding hydrogens is 406 g/mol. The maximum Gasteiger partial charge on any atom is 0.258 e. The van der Waals surface area contributed by atoms with Gasteiger partial charge in [-0.2, -0.15) is 4.98 Å². The van der Waals surface area contributed by atoms with Crippen LogP contribution in [-0.2, 0) is 0 Å². The topological polar surface area (TPSA) is 68.0 Å². The summed E-state index contributed by atoms with van der Waals surface area (Å²) in [6.45, 7) is 1.95. The van der Waals surface area contributed by atoms with Crippen molar-refractivity contribution in [2.24, 2.45) is 0 Å². The second-order valence-electron chi connectivity index (χ2n) is 5.41. The van der Waals surface area contributed by atoms with Crippen molar-refractivity contribution in [1.82, 2.24) is 15.5 Å². The number of nitrogens with zero attached hydrogens (tertiary/aromatic N) is 2. The molecule has 1 atom stereocenters. The van der Waals surface area contributed by atoms with Crippen LogP contribution in [0.4, 0.5) is 0 Å². The van der Waals surface area contributed by atoms with Crippen LogP contribution in [0.1, 0.15) is 35.6 Å². The number of carbonyl (C=O) groups excluding carboxylic acids is 1. The Morgan fingerprint density at radius 3 is 2.72 bits per heavy atom. The van der Waals surface area contributed by atoms with Crippen LogP contribution in [0.15, 0.2) is 57.5 Å². The smallest absolute Gasteiger partial charge is 0.258 e. The Kier molecular flexibility index (Phi) is 5.50. The third-order valence-corrected chi connectivity index (χ3v) is 4.39. The van der Waals surface area contributed by atoms with Crippen molar-refractivity contribution in [3.05, 3.63) is 69.4 Å². The lowest BCUT2D eigenvalue weighted by Gasteiger charge is -2.13. The van der Waals surface area contributed by atoms with Crippen LogP contribution < -0.4 is 5.32 Å². The fourth-order valence-corrected chi connectivity index (χ4v) is 2.83. The largest absolute Gasteiger partial charge is 0.342 e. The standard InChI is InChI=1S/C18H15BrClN3O2/c1-2-15(21-17(24)11-6-8-14(20)9-7-11)16-22-18(25-23-16)12-4-3-5-13(19)10-12/h3-10,15H,2H2,1H3,(H,21,24)/t15-/m1/s1. The first-order valence-corrected chi connectivity index (χ1v) is 8.90. The van der Waals surface area contributed by atoms with E-state index in [2.05, 4.69) is 31.4 Å². The molecule has 1 amide bonds. The predicted octanol–water partition coefficient (Wildman–Crippen LogP) is 5.03. The highest BCUT2D eigenvalue weighted by Crippen LogP contribution is 2.23. The summed E-state index contributed by atoms with van der Waals surface area (Å²) in [4.78, 5) is 16.8. The molecule has 0 saturated carbocycles. The molecule has 0 fully saturated rings. The first-order valence-electron chi connectivity index (χ1n) is 7.73. The molecule has 3 aromatic rings. The van der Waals surface area contributed by atoms with Crippen LogP contribution in [0.2, 0.25) is 5.02 Å². The van der Waals surface area contributed by atoms with Crippen LogP contribution in [0.5, 0.6) is 0 Å². The zero-order chi connectivity index (χ0) is 17.8. The highest BCUT2D eigenvalue weighted by molar-refractivity contribution is 9.10. The number of carbonyl (C=O) groups is 1. The van der Waals surface area contributed by atoms with Crippen molar-refractivity contribution in [3.8, 4) is 11.5 Å². The van der Waals surface area contributed by atoms with Gasteiger partial charge >= 0.3 is 0 Å². The highest BCUT2D eigenvalue weighted by atomic mass is 79.9. The van der Waals surface area contributed by atoms with E-state index in [9.17, 15) is 4.79 Å². The van der Waals surface area contributed by atoms with E-state index >= 15 is 0 Å². The summed E-state index contributed by atoms with van der Waals surface area (Å²) in [6.07, 6.45) is 0.636. The molecule has 7 heteroatoms. The van der Waals surface area contributed by atoms with Crippen molar-refractivity contribution in [1.29, 1.82) is 0 Å². The fraction of sp³-hybridized carbons (Fsp3) is 0.167. The SMILES string of the molecule is CC[C@@H](NC(=O)c1ccc(Cl)cc1)c1noc(-c2cccc(Br)c2)n1. The van der Waals surface area contributed by atoms with Gasteiger partial charge in [-0.05, 0) is 48.9 Å². The van der Waals surface area contributed by atoms with E-state index in [0.717, 1.165) is 10.0 Å². The molecule has 25 heavy (non-hydrogen) atoms. The molecule has 5 nitrogen and oxygen atoms in total. The van der Waals surface area contributed by atoms with Gasteiger partial charge in [-0.1, -0.05) is 45.7 Å². The van der Waals surface area contributed by atoms with Crippen molar-refractivity contribution in [2.45, 2.75) is 19.4 Å².